The average Bonchev–Trinajstić information content (AvgIpc) is 2.86. The Morgan fingerprint density at radius 2 is 2.00 bits per heavy atom. The minimum atomic E-state index is -0.335. The van der Waals surface area contributed by atoms with Gasteiger partial charge < -0.3 is 29.7 Å². The number of nitrogens with zero attached hydrogens (tertiary/aromatic N) is 1. The number of ether oxygens (including phenoxy) is 3. The van der Waals surface area contributed by atoms with Crippen LogP contribution in [0.3, 0.4) is 0 Å². The Bertz CT molecular complexity index is 1090. The van der Waals surface area contributed by atoms with Crippen LogP contribution in [0.25, 0.3) is 0 Å². The summed E-state index contributed by atoms with van der Waals surface area (Å²) in [6, 6.07) is 11.7. The molecular formula is C25H29N3O6. The number of carbonyl (C=O) groups excluding carboxylic acids is 3. The van der Waals surface area contributed by atoms with E-state index in [1.807, 2.05) is 0 Å². The maximum atomic E-state index is 13.3. The van der Waals surface area contributed by atoms with E-state index in [1.165, 1.54) is 7.11 Å². The molecule has 180 valence electrons. The lowest BCUT2D eigenvalue weighted by molar-refractivity contribution is -0.133. The highest BCUT2D eigenvalue weighted by molar-refractivity contribution is 6.05. The number of rotatable bonds is 5. The molecule has 0 unspecified atom stereocenters. The van der Waals surface area contributed by atoms with Crippen molar-refractivity contribution in [2.45, 2.75) is 37.5 Å². The molecule has 4 rings (SSSR count). The fourth-order valence-electron chi connectivity index (χ4n) is 4.38. The zero-order chi connectivity index (χ0) is 24.2. The van der Waals surface area contributed by atoms with Gasteiger partial charge in [-0.1, -0.05) is 6.07 Å². The van der Waals surface area contributed by atoms with Gasteiger partial charge in [0, 0.05) is 25.3 Å². The van der Waals surface area contributed by atoms with Crippen LogP contribution < -0.4 is 20.1 Å². The van der Waals surface area contributed by atoms with Crippen LogP contribution >= 0.6 is 0 Å². The number of anilines is 1. The van der Waals surface area contributed by atoms with Gasteiger partial charge in [0.1, 0.15) is 24.2 Å². The van der Waals surface area contributed by atoms with Gasteiger partial charge in [-0.25, -0.2) is 0 Å². The highest BCUT2D eigenvalue weighted by Crippen LogP contribution is 2.32. The summed E-state index contributed by atoms with van der Waals surface area (Å²) >= 11 is 0. The van der Waals surface area contributed by atoms with Gasteiger partial charge in [-0.2, -0.15) is 0 Å². The van der Waals surface area contributed by atoms with Crippen LogP contribution in [-0.4, -0.2) is 68.7 Å². The molecule has 0 radical (unpaired) electrons. The fourth-order valence-corrected chi connectivity index (χ4v) is 4.38. The van der Waals surface area contributed by atoms with Crippen LogP contribution in [0.1, 0.15) is 40.0 Å². The van der Waals surface area contributed by atoms with Crippen LogP contribution in [-0.2, 0) is 9.53 Å². The molecule has 0 aromatic heterocycles. The molecule has 0 bridgehead atoms. The lowest BCUT2D eigenvalue weighted by Crippen LogP contribution is -2.53. The second-order valence-corrected chi connectivity index (χ2v) is 8.44. The lowest BCUT2D eigenvalue weighted by atomic mass is 9.94. The number of carbonyl (C=O) groups is 3. The molecule has 2 aliphatic heterocycles. The number of likely N-dealkylation sites (N-methyl/N-ethyl adjacent to an activating group) is 1. The van der Waals surface area contributed by atoms with Gasteiger partial charge >= 0.3 is 0 Å². The maximum absolute atomic E-state index is 13.3. The third kappa shape index (κ3) is 4.99. The van der Waals surface area contributed by atoms with Crippen LogP contribution in [0.15, 0.2) is 42.5 Å². The van der Waals surface area contributed by atoms with Gasteiger partial charge in [0.25, 0.3) is 11.8 Å². The third-order valence-electron chi connectivity index (χ3n) is 6.29. The van der Waals surface area contributed by atoms with E-state index in [2.05, 4.69) is 10.6 Å². The van der Waals surface area contributed by atoms with Gasteiger partial charge in [-0.15, -0.1) is 0 Å². The van der Waals surface area contributed by atoms with E-state index in [-0.39, 0.29) is 49.0 Å². The molecule has 2 N–H and O–H groups in total. The molecule has 2 heterocycles. The molecule has 2 aliphatic rings. The molecule has 3 amide bonds. The monoisotopic (exact) mass is 467 g/mol. The molecule has 2 aromatic carbocycles. The molecule has 1 saturated heterocycles. The van der Waals surface area contributed by atoms with E-state index in [1.54, 1.807) is 61.5 Å². The molecule has 1 fully saturated rings. The van der Waals surface area contributed by atoms with Gasteiger partial charge in [0.2, 0.25) is 5.91 Å². The first-order valence-corrected chi connectivity index (χ1v) is 11.2. The Morgan fingerprint density at radius 1 is 1.18 bits per heavy atom. The van der Waals surface area contributed by atoms with Crippen molar-refractivity contribution >= 4 is 23.4 Å². The highest BCUT2D eigenvalue weighted by Gasteiger charge is 2.39. The quantitative estimate of drug-likeness (QED) is 0.700. The Kier molecular flexibility index (Phi) is 7.02. The summed E-state index contributed by atoms with van der Waals surface area (Å²) in [5, 5.41) is 5.45. The standard InChI is InChI=1S/C25H29N3O6/c1-26-23(29)13-18-8-9-20-22(34-18)14-33-21-10-7-16(12-19(21)25(31)28(20)2)27-24(30)15-5-4-6-17(11-15)32-3/h4-7,10-12,18,20,22H,8-9,13-14H2,1-3H3,(H,26,29)(H,27,30)/t18-,20+,22-/m1/s1. The highest BCUT2D eigenvalue weighted by atomic mass is 16.5. The molecule has 0 saturated carbocycles. The summed E-state index contributed by atoms with van der Waals surface area (Å²) in [6.07, 6.45) is 1.12. The SMILES string of the molecule is CNC(=O)C[C@H]1CC[C@H]2[C@@H](COc3ccc(NC(=O)c4cccc(OC)c4)cc3C(=O)N2C)O1. The Hall–Kier alpha value is -3.59. The number of fused-ring (bicyclic) bond motifs is 2. The first kappa shape index (κ1) is 23.6. The summed E-state index contributed by atoms with van der Waals surface area (Å²) in [7, 11) is 4.89. The average molecular weight is 468 g/mol. The van der Waals surface area contributed by atoms with Gasteiger partial charge in [-0.3, -0.25) is 14.4 Å². The van der Waals surface area contributed by atoms with E-state index in [0.717, 1.165) is 0 Å². The summed E-state index contributed by atoms with van der Waals surface area (Å²) in [5.41, 5.74) is 1.30. The van der Waals surface area contributed by atoms with Crippen molar-refractivity contribution in [3.8, 4) is 11.5 Å². The van der Waals surface area contributed by atoms with Crippen molar-refractivity contribution in [3.05, 3.63) is 53.6 Å². The third-order valence-corrected chi connectivity index (χ3v) is 6.29. The number of methoxy groups -OCH3 is 1. The Balaban J connectivity index is 1.51. The number of hydrogen-bond donors (Lipinski definition) is 2. The molecule has 9 heteroatoms. The van der Waals surface area contributed by atoms with Crippen molar-refractivity contribution in [1.82, 2.24) is 10.2 Å². The molecule has 9 nitrogen and oxygen atoms in total. The second kappa shape index (κ2) is 10.1. The molecule has 3 atom stereocenters. The normalized spacial score (nSPS) is 21.8. The second-order valence-electron chi connectivity index (χ2n) is 8.44. The molecule has 0 aliphatic carbocycles. The van der Waals surface area contributed by atoms with E-state index < -0.39 is 0 Å². The van der Waals surface area contributed by atoms with Crippen LogP contribution in [0, 0.1) is 0 Å². The summed E-state index contributed by atoms with van der Waals surface area (Å²) in [5.74, 6) is 0.405. The summed E-state index contributed by atoms with van der Waals surface area (Å²) in [6.45, 7) is 0.259. The van der Waals surface area contributed by atoms with Crippen molar-refractivity contribution in [1.29, 1.82) is 0 Å². The molecule has 2 aromatic rings. The minimum absolute atomic E-state index is 0.0755. The smallest absolute Gasteiger partial charge is 0.257 e. The molecular weight excluding hydrogens is 438 g/mol. The zero-order valence-electron chi connectivity index (χ0n) is 19.5. The lowest BCUT2D eigenvalue weighted by Gasteiger charge is -2.42. The van der Waals surface area contributed by atoms with Crippen molar-refractivity contribution < 1.29 is 28.6 Å². The van der Waals surface area contributed by atoms with Crippen molar-refractivity contribution in [2.24, 2.45) is 0 Å². The van der Waals surface area contributed by atoms with E-state index in [9.17, 15) is 14.4 Å². The minimum Gasteiger partial charge on any atom is -0.497 e. The van der Waals surface area contributed by atoms with E-state index in [0.29, 0.717) is 41.2 Å². The van der Waals surface area contributed by atoms with E-state index >= 15 is 0 Å². The van der Waals surface area contributed by atoms with Gasteiger partial charge in [-0.05, 0) is 49.2 Å². The maximum Gasteiger partial charge on any atom is 0.257 e. The van der Waals surface area contributed by atoms with Crippen LogP contribution in [0.4, 0.5) is 5.69 Å². The number of benzene rings is 2. The largest absolute Gasteiger partial charge is 0.497 e. The first-order chi connectivity index (χ1) is 16.4. The Morgan fingerprint density at radius 3 is 2.76 bits per heavy atom. The van der Waals surface area contributed by atoms with E-state index in [4.69, 9.17) is 14.2 Å². The molecule has 0 spiro atoms. The number of hydrogen-bond acceptors (Lipinski definition) is 6. The summed E-state index contributed by atoms with van der Waals surface area (Å²) in [4.78, 5) is 39.5. The van der Waals surface area contributed by atoms with Gasteiger partial charge in [0.05, 0.1) is 31.2 Å². The van der Waals surface area contributed by atoms with Crippen molar-refractivity contribution in [2.75, 3.05) is 33.1 Å². The van der Waals surface area contributed by atoms with Crippen LogP contribution in [0.5, 0.6) is 11.5 Å². The molecule has 34 heavy (non-hydrogen) atoms. The Labute approximate surface area is 198 Å². The van der Waals surface area contributed by atoms with Crippen LogP contribution in [0.2, 0.25) is 0 Å². The predicted octanol–water partition coefficient (Wildman–Crippen LogP) is 2.46. The number of amides is 3. The fraction of sp³-hybridized carbons (Fsp3) is 0.400. The topological polar surface area (TPSA) is 106 Å². The summed E-state index contributed by atoms with van der Waals surface area (Å²) < 4.78 is 17.3. The van der Waals surface area contributed by atoms with Gasteiger partial charge in [0.15, 0.2) is 0 Å². The first-order valence-electron chi connectivity index (χ1n) is 11.2. The zero-order valence-corrected chi connectivity index (χ0v) is 19.5. The number of nitrogens with one attached hydrogen (secondary N) is 2. The predicted molar refractivity (Wildman–Crippen MR) is 125 cm³/mol. The van der Waals surface area contributed by atoms with Crippen molar-refractivity contribution in [3.63, 3.8) is 0 Å².